The number of nitrogens with zero attached hydrogens (tertiary/aromatic N) is 2. The highest BCUT2D eigenvalue weighted by molar-refractivity contribution is 5.97. The van der Waals surface area contributed by atoms with Crippen molar-refractivity contribution in [3.63, 3.8) is 0 Å². The molecule has 0 aliphatic carbocycles. The molecule has 4 rings (SSSR count). The van der Waals surface area contributed by atoms with E-state index < -0.39 is 59.4 Å². The quantitative estimate of drug-likeness (QED) is 0.298. The predicted molar refractivity (Wildman–Crippen MR) is 138 cm³/mol. The summed E-state index contributed by atoms with van der Waals surface area (Å²) >= 11 is 0. The minimum atomic E-state index is -4.66. The van der Waals surface area contributed by atoms with E-state index in [9.17, 15) is 36.6 Å². The van der Waals surface area contributed by atoms with Crippen molar-refractivity contribution in [2.75, 3.05) is 5.32 Å². The van der Waals surface area contributed by atoms with Gasteiger partial charge in [-0.05, 0) is 54.7 Å². The van der Waals surface area contributed by atoms with Crippen LogP contribution >= 0.6 is 0 Å². The number of aromatic nitrogens is 2. The van der Waals surface area contributed by atoms with E-state index in [2.05, 4.69) is 15.3 Å². The molecular weight excluding hydrogens is 551 g/mol. The van der Waals surface area contributed by atoms with Gasteiger partial charge in [-0.15, -0.1) is 0 Å². The molecular formula is C28H27F5N4O4. The molecule has 1 aromatic heterocycles. The highest BCUT2D eigenvalue weighted by atomic mass is 19.4. The first-order valence-corrected chi connectivity index (χ1v) is 12.7. The molecule has 1 aliphatic heterocycles. The van der Waals surface area contributed by atoms with Crippen LogP contribution < -0.4 is 10.6 Å². The van der Waals surface area contributed by atoms with Gasteiger partial charge in [0.05, 0.1) is 13.2 Å². The number of aryl methyl sites for hydroxylation is 2. The summed E-state index contributed by atoms with van der Waals surface area (Å²) in [6.45, 7) is 5.40. The number of carboxylic acids is 1. The molecule has 3 aromatic rings. The number of carboxylic acid groups (broad SMARTS) is 1. The molecule has 0 saturated heterocycles. The Labute approximate surface area is 232 Å². The Bertz CT molecular complexity index is 1470. The molecule has 2 aromatic carbocycles. The number of anilines is 1. The number of nitrogens with one attached hydrogen (secondary N) is 2. The Hall–Kier alpha value is -4.13. The second kappa shape index (κ2) is 11.8. The molecule has 0 fully saturated rings. The van der Waals surface area contributed by atoms with Crippen LogP contribution in [0.25, 0.3) is 11.4 Å². The molecule has 41 heavy (non-hydrogen) atoms. The topological polar surface area (TPSA) is 113 Å². The maximum absolute atomic E-state index is 14.7. The Morgan fingerprint density at radius 2 is 1.76 bits per heavy atom. The molecule has 3 N–H and O–H groups in total. The van der Waals surface area contributed by atoms with Crippen molar-refractivity contribution in [1.82, 2.24) is 15.3 Å². The normalized spacial score (nSPS) is 14.3. The predicted octanol–water partition coefficient (Wildman–Crippen LogP) is 5.25. The molecule has 0 spiro atoms. The zero-order chi connectivity index (χ0) is 30.1. The Kier molecular flexibility index (Phi) is 8.57. The number of hydrogen-bond acceptors (Lipinski definition) is 6. The fourth-order valence-electron chi connectivity index (χ4n) is 4.54. The van der Waals surface area contributed by atoms with Gasteiger partial charge in [-0.3, -0.25) is 4.79 Å². The number of aliphatic carboxylic acids is 1. The van der Waals surface area contributed by atoms with Crippen molar-refractivity contribution >= 4 is 17.6 Å². The summed E-state index contributed by atoms with van der Waals surface area (Å²) in [6, 6.07) is 0.859. The third-order valence-electron chi connectivity index (χ3n) is 6.93. The maximum atomic E-state index is 14.7. The number of carbonyl (C=O) groups excluding carboxylic acids is 1. The molecule has 2 atom stereocenters. The monoisotopic (exact) mass is 578 g/mol. The van der Waals surface area contributed by atoms with Crippen LogP contribution in [0.4, 0.5) is 27.6 Å². The summed E-state index contributed by atoms with van der Waals surface area (Å²) in [5.74, 6) is -5.23. The summed E-state index contributed by atoms with van der Waals surface area (Å²) in [7, 11) is 0. The fraction of sp³-hybridized carbons (Fsp3) is 0.357. The van der Waals surface area contributed by atoms with Crippen LogP contribution in [0.15, 0.2) is 30.5 Å². The lowest BCUT2D eigenvalue weighted by atomic mass is 9.93. The number of rotatable bonds is 9. The SMILES string of the molecule is CCC(Nc1cc(F)c(C(=O)NC(Cc2ccc(-c3ncc(C)c(C)n3)c3c2COC3)C(=O)O)c(F)c1)C(F)(F)F. The average Bonchev–Trinajstić information content (AvgIpc) is 3.38. The second-order valence-electron chi connectivity index (χ2n) is 9.71. The van der Waals surface area contributed by atoms with Gasteiger partial charge in [0.1, 0.15) is 29.3 Å². The van der Waals surface area contributed by atoms with Crippen LogP contribution in [-0.4, -0.2) is 45.2 Å². The standard InChI is InChI=1S/C28H27F5N4O4/c1-4-23(28(31,32)33)36-16-8-20(29)24(21(30)9-16)26(38)37-22(27(39)40)7-15-5-6-17(19-12-41-11-18(15)19)25-34-10-13(2)14(3)35-25/h5-6,8-10,22-23,36H,4,7,11-12H2,1-3H3,(H,37,38)(H,39,40). The number of amides is 1. The van der Waals surface area contributed by atoms with Crippen LogP contribution in [-0.2, 0) is 29.2 Å². The third kappa shape index (κ3) is 6.45. The number of ether oxygens (including phenoxy) is 1. The van der Waals surface area contributed by atoms with Gasteiger partial charge in [-0.2, -0.15) is 13.2 Å². The molecule has 13 heteroatoms. The number of alkyl halides is 3. The van der Waals surface area contributed by atoms with Gasteiger partial charge in [0.2, 0.25) is 0 Å². The summed E-state index contributed by atoms with van der Waals surface area (Å²) in [6.07, 6.45) is -3.60. The smallest absolute Gasteiger partial charge is 0.408 e. The molecule has 2 unspecified atom stereocenters. The van der Waals surface area contributed by atoms with E-state index >= 15 is 0 Å². The zero-order valence-electron chi connectivity index (χ0n) is 22.3. The van der Waals surface area contributed by atoms with Gasteiger partial charge < -0.3 is 20.5 Å². The minimum absolute atomic E-state index is 0.179. The first kappa shape index (κ1) is 29.8. The van der Waals surface area contributed by atoms with E-state index in [0.717, 1.165) is 16.8 Å². The average molecular weight is 579 g/mol. The number of benzene rings is 2. The number of hydrogen-bond donors (Lipinski definition) is 3. The highest BCUT2D eigenvalue weighted by Gasteiger charge is 2.38. The third-order valence-corrected chi connectivity index (χ3v) is 6.93. The van der Waals surface area contributed by atoms with Crippen LogP contribution in [0.3, 0.4) is 0 Å². The van der Waals surface area contributed by atoms with E-state index in [1.807, 2.05) is 19.2 Å². The van der Waals surface area contributed by atoms with Gasteiger partial charge in [-0.25, -0.2) is 23.5 Å². The summed E-state index contributed by atoms with van der Waals surface area (Å²) in [5, 5.41) is 13.9. The zero-order valence-corrected chi connectivity index (χ0v) is 22.3. The largest absolute Gasteiger partial charge is 0.480 e. The second-order valence-corrected chi connectivity index (χ2v) is 9.71. The maximum Gasteiger partial charge on any atom is 0.408 e. The Morgan fingerprint density at radius 3 is 2.34 bits per heavy atom. The number of carbonyl (C=O) groups is 2. The van der Waals surface area contributed by atoms with Crippen LogP contribution in [0.5, 0.6) is 0 Å². The van der Waals surface area contributed by atoms with Gasteiger partial charge >= 0.3 is 12.1 Å². The molecule has 0 radical (unpaired) electrons. The van der Waals surface area contributed by atoms with Crippen molar-refractivity contribution in [2.45, 2.75) is 65.1 Å². The molecule has 8 nitrogen and oxygen atoms in total. The van der Waals surface area contributed by atoms with E-state index in [1.54, 1.807) is 18.3 Å². The summed E-state index contributed by atoms with van der Waals surface area (Å²) < 4.78 is 74.2. The molecule has 218 valence electrons. The van der Waals surface area contributed by atoms with Crippen molar-refractivity contribution in [3.8, 4) is 11.4 Å². The first-order valence-electron chi connectivity index (χ1n) is 12.7. The number of halogens is 5. The molecule has 1 amide bonds. The summed E-state index contributed by atoms with van der Waals surface area (Å²) in [4.78, 5) is 33.7. The summed E-state index contributed by atoms with van der Waals surface area (Å²) in [5.41, 5.74) is 2.82. The van der Waals surface area contributed by atoms with E-state index in [0.29, 0.717) is 34.6 Å². The van der Waals surface area contributed by atoms with E-state index in [4.69, 9.17) is 4.74 Å². The molecule has 2 heterocycles. The van der Waals surface area contributed by atoms with Crippen molar-refractivity contribution in [2.24, 2.45) is 0 Å². The first-order chi connectivity index (χ1) is 19.3. The Balaban J connectivity index is 1.56. The lowest BCUT2D eigenvalue weighted by molar-refractivity contribution is -0.143. The molecule has 0 bridgehead atoms. The van der Waals surface area contributed by atoms with E-state index in [1.165, 1.54) is 6.92 Å². The minimum Gasteiger partial charge on any atom is -0.480 e. The van der Waals surface area contributed by atoms with Gasteiger partial charge in [0, 0.05) is 29.6 Å². The van der Waals surface area contributed by atoms with Crippen molar-refractivity contribution < 1.29 is 41.4 Å². The van der Waals surface area contributed by atoms with Crippen LogP contribution in [0, 0.1) is 25.5 Å². The fourth-order valence-corrected chi connectivity index (χ4v) is 4.54. The highest BCUT2D eigenvalue weighted by Crippen LogP contribution is 2.33. The van der Waals surface area contributed by atoms with Crippen molar-refractivity contribution in [1.29, 1.82) is 0 Å². The van der Waals surface area contributed by atoms with Crippen LogP contribution in [0.1, 0.15) is 51.7 Å². The van der Waals surface area contributed by atoms with Gasteiger partial charge in [0.25, 0.3) is 5.91 Å². The Morgan fingerprint density at radius 1 is 1.10 bits per heavy atom. The number of fused-ring (bicyclic) bond motifs is 1. The molecule has 1 aliphatic rings. The lowest BCUT2D eigenvalue weighted by Crippen LogP contribution is -2.43. The van der Waals surface area contributed by atoms with Gasteiger partial charge in [0.15, 0.2) is 5.82 Å². The lowest BCUT2D eigenvalue weighted by Gasteiger charge is -2.22. The van der Waals surface area contributed by atoms with Crippen molar-refractivity contribution in [3.05, 3.63) is 75.6 Å². The van der Waals surface area contributed by atoms with Gasteiger partial charge in [-0.1, -0.05) is 19.1 Å². The van der Waals surface area contributed by atoms with E-state index in [-0.39, 0.29) is 19.6 Å². The van der Waals surface area contributed by atoms with Crippen LogP contribution in [0.2, 0.25) is 0 Å². The molecule has 0 saturated carbocycles.